The monoisotopic (exact) mass is 365 g/mol. The number of carbonyl (C=O) groups excluding carboxylic acids is 1. The van der Waals surface area contributed by atoms with E-state index in [1.165, 1.54) is 0 Å². The summed E-state index contributed by atoms with van der Waals surface area (Å²) in [4.78, 5) is 21.6. The van der Waals surface area contributed by atoms with E-state index in [1.807, 2.05) is 30.3 Å². The third-order valence-corrected chi connectivity index (χ3v) is 4.36. The van der Waals surface area contributed by atoms with Crippen LogP contribution in [0.15, 0.2) is 89.6 Å². The highest BCUT2D eigenvalue weighted by Gasteiger charge is 2.26. The van der Waals surface area contributed by atoms with Gasteiger partial charge in [-0.25, -0.2) is 4.98 Å². The molecule has 0 saturated heterocycles. The molecular formula is C23H15N3O2. The standard InChI is InChI=1S/C23H15N3O2/c24-14-19(20-12-6-7-13-25-20)22(27)17-10-4-5-11-18(17)23-26-15-21(28-23)16-8-2-1-3-9-16/h1-13,15,19H. The van der Waals surface area contributed by atoms with Gasteiger partial charge in [0.25, 0.3) is 0 Å². The Hall–Kier alpha value is -4.04. The Morgan fingerprint density at radius 2 is 1.68 bits per heavy atom. The summed E-state index contributed by atoms with van der Waals surface area (Å²) in [5.74, 6) is -0.387. The molecule has 0 fully saturated rings. The van der Waals surface area contributed by atoms with Gasteiger partial charge in [0.15, 0.2) is 17.5 Å². The zero-order valence-electron chi connectivity index (χ0n) is 14.8. The summed E-state index contributed by atoms with van der Waals surface area (Å²) < 4.78 is 5.90. The number of aromatic nitrogens is 2. The van der Waals surface area contributed by atoms with E-state index >= 15 is 0 Å². The third-order valence-electron chi connectivity index (χ3n) is 4.36. The Labute approximate surface area is 161 Å². The number of rotatable bonds is 5. The molecule has 2 aromatic heterocycles. The molecule has 0 radical (unpaired) electrons. The first kappa shape index (κ1) is 17.4. The summed E-state index contributed by atoms with van der Waals surface area (Å²) in [6, 6.07) is 23.8. The summed E-state index contributed by atoms with van der Waals surface area (Å²) in [7, 11) is 0. The minimum absolute atomic E-state index is 0.334. The number of Topliss-reactive ketones (excluding diaryl/α,β-unsaturated/α-hetero) is 1. The summed E-state index contributed by atoms with van der Waals surface area (Å²) >= 11 is 0. The minimum atomic E-state index is -0.995. The molecule has 0 aliphatic heterocycles. The number of benzene rings is 2. The number of carbonyl (C=O) groups is 1. The fraction of sp³-hybridized carbons (Fsp3) is 0.0435. The summed E-state index contributed by atoms with van der Waals surface area (Å²) in [5.41, 5.74) is 2.24. The SMILES string of the molecule is N#CC(C(=O)c1ccccc1-c1ncc(-c2ccccc2)o1)c1ccccn1. The van der Waals surface area contributed by atoms with E-state index in [0.29, 0.717) is 28.5 Å². The molecule has 0 amide bonds. The van der Waals surface area contributed by atoms with E-state index in [2.05, 4.69) is 16.0 Å². The van der Waals surface area contributed by atoms with Gasteiger partial charge in [0.05, 0.1) is 18.0 Å². The Bertz CT molecular complexity index is 1150. The zero-order valence-corrected chi connectivity index (χ0v) is 14.8. The van der Waals surface area contributed by atoms with Gasteiger partial charge in [0.1, 0.15) is 0 Å². The van der Waals surface area contributed by atoms with Crippen LogP contribution in [0.3, 0.4) is 0 Å². The molecule has 4 rings (SSSR count). The molecule has 2 heterocycles. The number of oxazole rings is 1. The second-order valence-electron chi connectivity index (χ2n) is 6.12. The molecule has 0 N–H and O–H groups in total. The van der Waals surface area contributed by atoms with Crippen molar-refractivity contribution in [2.75, 3.05) is 0 Å². The second-order valence-corrected chi connectivity index (χ2v) is 6.12. The van der Waals surface area contributed by atoms with Gasteiger partial charge in [-0.05, 0) is 18.2 Å². The molecule has 4 aromatic rings. The molecule has 1 unspecified atom stereocenters. The topological polar surface area (TPSA) is 79.8 Å². The van der Waals surface area contributed by atoms with Gasteiger partial charge in [0, 0.05) is 22.9 Å². The van der Waals surface area contributed by atoms with Crippen molar-refractivity contribution in [1.29, 1.82) is 5.26 Å². The van der Waals surface area contributed by atoms with Gasteiger partial charge in [0.2, 0.25) is 5.89 Å². The lowest BCUT2D eigenvalue weighted by molar-refractivity contribution is 0.0978. The molecule has 0 saturated carbocycles. The van der Waals surface area contributed by atoms with E-state index in [9.17, 15) is 10.1 Å². The number of pyridine rings is 1. The molecule has 0 aliphatic rings. The van der Waals surface area contributed by atoms with Crippen LogP contribution in [-0.4, -0.2) is 15.8 Å². The van der Waals surface area contributed by atoms with E-state index in [1.54, 1.807) is 54.9 Å². The molecule has 0 aliphatic carbocycles. The van der Waals surface area contributed by atoms with E-state index in [4.69, 9.17) is 4.42 Å². The van der Waals surface area contributed by atoms with Crippen molar-refractivity contribution in [3.63, 3.8) is 0 Å². The predicted molar refractivity (Wildman–Crippen MR) is 104 cm³/mol. The zero-order chi connectivity index (χ0) is 19.3. The molecule has 134 valence electrons. The first-order chi connectivity index (χ1) is 13.8. The summed E-state index contributed by atoms with van der Waals surface area (Å²) in [6.07, 6.45) is 3.20. The Kier molecular flexibility index (Phi) is 4.77. The first-order valence-corrected chi connectivity index (χ1v) is 8.73. The summed E-state index contributed by atoms with van der Waals surface area (Å²) in [6.45, 7) is 0. The number of nitrogens with zero attached hydrogens (tertiary/aromatic N) is 3. The fourth-order valence-corrected chi connectivity index (χ4v) is 2.98. The molecule has 1 atom stereocenters. The highest BCUT2D eigenvalue weighted by Crippen LogP contribution is 2.30. The second kappa shape index (κ2) is 7.68. The minimum Gasteiger partial charge on any atom is -0.436 e. The quantitative estimate of drug-likeness (QED) is 0.470. The van der Waals surface area contributed by atoms with E-state index < -0.39 is 5.92 Å². The van der Waals surface area contributed by atoms with Crippen molar-refractivity contribution in [2.24, 2.45) is 0 Å². The number of hydrogen-bond acceptors (Lipinski definition) is 5. The average molecular weight is 365 g/mol. The van der Waals surface area contributed by atoms with Gasteiger partial charge in [-0.1, -0.05) is 54.6 Å². The normalized spacial score (nSPS) is 11.5. The van der Waals surface area contributed by atoms with Crippen molar-refractivity contribution < 1.29 is 9.21 Å². The van der Waals surface area contributed by atoms with Gasteiger partial charge in [-0.2, -0.15) is 5.26 Å². The van der Waals surface area contributed by atoms with Gasteiger partial charge < -0.3 is 4.42 Å². The number of ketones is 1. The lowest BCUT2D eigenvalue weighted by atomic mass is 9.92. The van der Waals surface area contributed by atoms with Crippen LogP contribution in [0, 0.1) is 11.3 Å². The number of nitriles is 1. The van der Waals surface area contributed by atoms with Crippen molar-refractivity contribution in [3.8, 4) is 28.8 Å². The van der Waals surface area contributed by atoms with Gasteiger partial charge in [-0.3, -0.25) is 9.78 Å². The van der Waals surface area contributed by atoms with Crippen LogP contribution in [-0.2, 0) is 0 Å². The molecular weight excluding hydrogens is 350 g/mol. The molecule has 2 aromatic carbocycles. The van der Waals surface area contributed by atoms with Crippen molar-refractivity contribution in [3.05, 3.63) is 96.4 Å². The Morgan fingerprint density at radius 3 is 2.43 bits per heavy atom. The van der Waals surface area contributed by atoms with Crippen LogP contribution in [0.25, 0.3) is 22.8 Å². The highest BCUT2D eigenvalue weighted by atomic mass is 16.4. The fourth-order valence-electron chi connectivity index (χ4n) is 2.98. The number of hydrogen-bond donors (Lipinski definition) is 0. The van der Waals surface area contributed by atoms with Crippen LogP contribution in [0.5, 0.6) is 0 Å². The van der Waals surface area contributed by atoms with Crippen molar-refractivity contribution in [1.82, 2.24) is 9.97 Å². The third kappa shape index (κ3) is 3.31. The maximum absolute atomic E-state index is 13.1. The maximum atomic E-state index is 13.1. The van der Waals surface area contributed by atoms with Crippen molar-refractivity contribution >= 4 is 5.78 Å². The molecule has 5 nitrogen and oxygen atoms in total. The molecule has 0 bridgehead atoms. The average Bonchev–Trinajstić information content (AvgIpc) is 3.26. The van der Waals surface area contributed by atoms with Crippen LogP contribution in [0.2, 0.25) is 0 Å². The lowest BCUT2D eigenvalue weighted by Crippen LogP contribution is -2.13. The predicted octanol–water partition coefficient (Wildman–Crippen LogP) is 4.89. The van der Waals surface area contributed by atoms with E-state index in [-0.39, 0.29) is 5.78 Å². The lowest BCUT2D eigenvalue weighted by Gasteiger charge is -2.10. The maximum Gasteiger partial charge on any atom is 0.227 e. The summed E-state index contributed by atoms with van der Waals surface area (Å²) in [5, 5.41) is 9.58. The van der Waals surface area contributed by atoms with Crippen LogP contribution < -0.4 is 0 Å². The molecule has 28 heavy (non-hydrogen) atoms. The van der Waals surface area contributed by atoms with Crippen molar-refractivity contribution in [2.45, 2.75) is 5.92 Å². The Morgan fingerprint density at radius 1 is 0.929 bits per heavy atom. The smallest absolute Gasteiger partial charge is 0.227 e. The molecule has 5 heteroatoms. The van der Waals surface area contributed by atoms with Crippen LogP contribution in [0.4, 0.5) is 0 Å². The van der Waals surface area contributed by atoms with E-state index in [0.717, 1.165) is 5.56 Å². The highest BCUT2D eigenvalue weighted by molar-refractivity contribution is 6.06. The van der Waals surface area contributed by atoms with Gasteiger partial charge in [-0.15, -0.1) is 0 Å². The van der Waals surface area contributed by atoms with Crippen LogP contribution in [0.1, 0.15) is 22.0 Å². The largest absolute Gasteiger partial charge is 0.436 e. The van der Waals surface area contributed by atoms with Gasteiger partial charge >= 0.3 is 0 Å². The molecule has 0 spiro atoms. The first-order valence-electron chi connectivity index (χ1n) is 8.73. The Balaban J connectivity index is 1.73. The van der Waals surface area contributed by atoms with Crippen LogP contribution >= 0.6 is 0 Å².